The number of benzene rings is 2. The number of aryl methyl sites for hydroxylation is 1. The van der Waals surface area contributed by atoms with E-state index in [0.29, 0.717) is 0 Å². The van der Waals surface area contributed by atoms with Crippen molar-refractivity contribution in [3.05, 3.63) is 101 Å². The summed E-state index contributed by atoms with van der Waals surface area (Å²) < 4.78 is 61.9. The summed E-state index contributed by atoms with van der Waals surface area (Å²) in [7, 11) is 0. The highest BCUT2D eigenvalue weighted by atomic mass is 16.7. The molecular formula is C50H53NO20. The van der Waals surface area contributed by atoms with Gasteiger partial charge < -0.3 is 52.5 Å². The van der Waals surface area contributed by atoms with E-state index in [9.17, 15) is 43.5 Å². The third-order valence-corrected chi connectivity index (χ3v) is 13.5. The van der Waals surface area contributed by atoms with Crippen LogP contribution in [0.1, 0.15) is 98.6 Å². The largest absolute Gasteiger partial charge is 0.465 e. The maximum atomic E-state index is 15.3. The molecule has 1 spiro atoms. The van der Waals surface area contributed by atoms with Crippen LogP contribution in [0.15, 0.2) is 79.0 Å². The van der Waals surface area contributed by atoms with Crippen molar-refractivity contribution < 1.29 is 95.6 Å². The van der Waals surface area contributed by atoms with Crippen molar-refractivity contribution >= 4 is 53.7 Å². The average molecular weight is 988 g/mol. The summed E-state index contributed by atoms with van der Waals surface area (Å²) >= 11 is 0. The Balaban J connectivity index is 1.62. The van der Waals surface area contributed by atoms with E-state index in [2.05, 4.69) is 4.98 Å². The second-order valence-electron chi connectivity index (χ2n) is 18.4. The zero-order chi connectivity index (χ0) is 51.8. The van der Waals surface area contributed by atoms with Crippen molar-refractivity contribution in [2.45, 2.75) is 127 Å². The first-order chi connectivity index (χ1) is 33.4. The number of aliphatic hydroxyl groups is 1. The molecule has 3 heterocycles. The Morgan fingerprint density at radius 3 is 1.79 bits per heavy atom. The number of ether oxygens (including phenoxy) is 10. The molecule has 12 atom stereocenters. The number of nitrogens with zero attached hydrogens (tertiary/aromatic N) is 1. The van der Waals surface area contributed by atoms with Gasteiger partial charge in [0.25, 0.3) is 0 Å². The summed E-state index contributed by atoms with van der Waals surface area (Å²) in [6.45, 7) is 6.32. The quantitative estimate of drug-likeness (QED) is 0.226. The van der Waals surface area contributed by atoms with Gasteiger partial charge in [-0.25, -0.2) is 19.2 Å². The standard InChI is InChI=1S/C50H53NO20/c1-26(52)62-25-49-40(66-29(4)55)36(64-27(2)53)35-38(68-42(57)31-16-11-9-12-17-31)50(49)48(8,61)39(37(65-28(3)54)41(49)67-30(5)56)69-45(60)46(6,70-43(58)32-18-13-10-14-19-32)22-21-34-33(20-15-23-51-34)44(59)63-24-47(35,7)71-50/h9-20,23,35-41,61H,21-22,24-25H2,1-8H3/t35-,36?,37+,38-,39-,40-,41+,46?,47+,48+,49+,50+/m1/s1. The second-order valence-corrected chi connectivity index (χ2v) is 18.4. The van der Waals surface area contributed by atoms with Gasteiger partial charge in [0.15, 0.2) is 30.0 Å². The third kappa shape index (κ3) is 9.19. The molecule has 4 bridgehead atoms. The van der Waals surface area contributed by atoms with E-state index in [1.54, 1.807) is 24.3 Å². The van der Waals surface area contributed by atoms with Crippen molar-refractivity contribution in [3.63, 3.8) is 0 Å². The first-order valence-corrected chi connectivity index (χ1v) is 22.5. The van der Waals surface area contributed by atoms with Gasteiger partial charge in [-0.1, -0.05) is 36.4 Å². The van der Waals surface area contributed by atoms with E-state index in [4.69, 9.17) is 47.4 Å². The Hall–Kier alpha value is -7.26. The fraction of sp³-hybridized carbons (Fsp3) is 0.480. The zero-order valence-electron chi connectivity index (χ0n) is 40.0. The van der Waals surface area contributed by atoms with Gasteiger partial charge in [-0.2, -0.15) is 0 Å². The highest BCUT2D eigenvalue weighted by Crippen LogP contribution is 2.70. The fourth-order valence-electron chi connectivity index (χ4n) is 10.7. The number of carbonyl (C=O) groups is 9. The van der Waals surface area contributed by atoms with E-state index >= 15 is 4.79 Å². The number of rotatable bonds is 10. The van der Waals surface area contributed by atoms with Gasteiger partial charge >= 0.3 is 53.7 Å². The van der Waals surface area contributed by atoms with Gasteiger partial charge in [0.1, 0.15) is 42.0 Å². The Morgan fingerprint density at radius 2 is 1.23 bits per heavy atom. The van der Waals surface area contributed by atoms with Gasteiger partial charge in [0.2, 0.25) is 5.60 Å². The minimum absolute atomic E-state index is 0.000141. The molecule has 2 aliphatic heterocycles. The zero-order valence-corrected chi connectivity index (χ0v) is 40.0. The smallest absolute Gasteiger partial charge is 0.350 e. The molecule has 3 fully saturated rings. The van der Waals surface area contributed by atoms with Gasteiger partial charge in [0.05, 0.1) is 28.3 Å². The van der Waals surface area contributed by atoms with Gasteiger partial charge in [0, 0.05) is 47.2 Å². The molecule has 2 unspecified atom stereocenters. The molecule has 3 aromatic rings. The lowest BCUT2D eigenvalue weighted by molar-refractivity contribution is -0.386. The van der Waals surface area contributed by atoms with Crippen LogP contribution in [0.3, 0.4) is 0 Å². The number of esters is 9. The number of aromatic nitrogens is 1. The lowest BCUT2D eigenvalue weighted by atomic mass is 9.45. The lowest BCUT2D eigenvalue weighted by Gasteiger charge is -2.67. The van der Waals surface area contributed by atoms with Crippen LogP contribution in [0.2, 0.25) is 0 Å². The van der Waals surface area contributed by atoms with E-state index in [1.807, 2.05) is 0 Å². The summed E-state index contributed by atoms with van der Waals surface area (Å²) in [6.07, 6.45) is -12.4. The molecule has 2 saturated carbocycles. The van der Waals surface area contributed by atoms with Gasteiger partial charge in [-0.15, -0.1) is 0 Å². The molecule has 7 rings (SSSR count). The molecule has 1 saturated heterocycles. The molecule has 378 valence electrons. The van der Waals surface area contributed by atoms with Crippen LogP contribution in [0.4, 0.5) is 0 Å². The molecule has 1 aromatic heterocycles. The van der Waals surface area contributed by atoms with E-state index in [1.165, 1.54) is 68.6 Å². The normalized spacial score (nSPS) is 32.9. The van der Waals surface area contributed by atoms with Crippen LogP contribution < -0.4 is 0 Å². The van der Waals surface area contributed by atoms with Gasteiger partial charge in [-0.3, -0.25) is 29.0 Å². The molecule has 1 N–H and O–H groups in total. The molecule has 4 aliphatic rings. The number of carbonyl (C=O) groups excluding carboxylic acids is 9. The van der Waals surface area contributed by atoms with Crippen LogP contribution in [-0.4, -0.2) is 136 Å². The number of hydrogen-bond donors (Lipinski definition) is 1. The predicted octanol–water partition coefficient (Wildman–Crippen LogP) is 3.14. The topological polar surface area (TPSA) is 279 Å². The number of hydrogen-bond acceptors (Lipinski definition) is 21. The highest BCUT2D eigenvalue weighted by molar-refractivity contribution is 5.93. The van der Waals surface area contributed by atoms with Crippen molar-refractivity contribution in [2.24, 2.45) is 11.3 Å². The summed E-state index contributed by atoms with van der Waals surface area (Å²) in [4.78, 5) is 130. The van der Waals surface area contributed by atoms with Crippen molar-refractivity contribution in [1.29, 1.82) is 0 Å². The van der Waals surface area contributed by atoms with Crippen LogP contribution in [-0.2, 0) is 82.6 Å². The summed E-state index contributed by atoms with van der Waals surface area (Å²) in [5.41, 5.74) is -13.5. The van der Waals surface area contributed by atoms with E-state index in [0.717, 1.165) is 41.5 Å². The van der Waals surface area contributed by atoms with Crippen LogP contribution in [0.5, 0.6) is 0 Å². The fourth-order valence-corrected chi connectivity index (χ4v) is 10.7. The molecular weight excluding hydrogens is 935 g/mol. The van der Waals surface area contributed by atoms with Crippen molar-refractivity contribution in [2.75, 3.05) is 13.2 Å². The molecule has 21 nitrogen and oxygen atoms in total. The second kappa shape index (κ2) is 19.5. The molecule has 2 aromatic carbocycles. The molecule has 71 heavy (non-hydrogen) atoms. The van der Waals surface area contributed by atoms with Crippen LogP contribution in [0.25, 0.3) is 0 Å². The summed E-state index contributed by atoms with van der Waals surface area (Å²) in [6, 6.07) is 17.8. The van der Waals surface area contributed by atoms with E-state index < -0.39 is 144 Å². The molecule has 0 radical (unpaired) electrons. The summed E-state index contributed by atoms with van der Waals surface area (Å²) in [5.74, 6) is -11.7. The number of fused-ring (bicyclic) bond motifs is 5. The molecule has 21 heteroatoms. The van der Waals surface area contributed by atoms with Crippen LogP contribution >= 0.6 is 0 Å². The SMILES string of the molecule is CC(=O)OC[C@@]12[C@H](OC(C)=O)C(OC(C)=O)[C@@H]3[C@@H](OC(=O)c4ccccc4)[C@@]14O[C@@]3(C)COC(=O)c1cccnc1CCC(C)(OC(=O)c1ccccc1)C(=O)O[C@H]([C@H](OC(C)=O)[C@@H]2OC(C)=O)[C@]4(C)O. The maximum absolute atomic E-state index is 15.3. The van der Waals surface area contributed by atoms with Crippen molar-refractivity contribution in [3.8, 4) is 0 Å². The number of pyridine rings is 1. The first-order valence-electron chi connectivity index (χ1n) is 22.5. The van der Waals surface area contributed by atoms with E-state index in [-0.39, 0.29) is 28.8 Å². The third-order valence-electron chi connectivity index (χ3n) is 13.5. The minimum atomic E-state index is -3.06. The average Bonchev–Trinajstić information content (AvgIpc) is 3.53. The first kappa shape index (κ1) is 51.6. The maximum Gasteiger partial charge on any atom is 0.350 e. The molecule has 2 aliphatic carbocycles. The predicted molar refractivity (Wildman–Crippen MR) is 236 cm³/mol. The Labute approximate surface area is 406 Å². The minimum Gasteiger partial charge on any atom is -0.465 e. The van der Waals surface area contributed by atoms with Gasteiger partial charge in [-0.05, 0) is 63.6 Å². The van der Waals surface area contributed by atoms with Crippen LogP contribution in [0, 0.1) is 11.3 Å². The highest BCUT2D eigenvalue weighted by Gasteiger charge is 2.92. The lowest BCUT2D eigenvalue weighted by Crippen LogP contribution is -2.89. The molecule has 0 amide bonds. The monoisotopic (exact) mass is 987 g/mol. The Morgan fingerprint density at radius 1 is 0.676 bits per heavy atom. The number of cyclic esters (lactones) is 1. The van der Waals surface area contributed by atoms with Crippen molar-refractivity contribution in [1.82, 2.24) is 4.98 Å². The Bertz CT molecular complexity index is 2620. The Kier molecular flexibility index (Phi) is 14.2. The summed E-state index contributed by atoms with van der Waals surface area (Å²) in [5, 5.41) is 14.0.